The summed E-state index contributed by atoms with van der Waals surface area (Å²) >= 11 is 0. The number of hydrogen-bond acceptors (Lipinski definition) is 7. The van der Waals surface area contributed by atoms with Crippen molar-refractivity contribution >= 4 is 17.5 Å². The van der Waals surface area contributed by atoms with Gasteiger partial charge in [0.25, 0.3) is 11.8 Å². The molecule has 3 rings (SSSR count). The molecule has 0 unspecified atom stereocenters. The number of halogens is 2. The third kappa shape index (κ3) is 10.9. The second-order valence-electron chi connectivity index (χ2n) is 11.1. The molecule has 0 aliphatic carbocycles. The summed E-state index contributed by atoms with van der Waals surface area (Å²) in [6, 6.07) is 14.3. The Morgan fingerprint density at radius 1 is 0.957 bits per heavy atom. The van der Waals surface area contributed by atoms with Crippen LogP contribution in [0.5, 0.6) is 5.75 Å². The second-order valence-corrected chi connectivity index (χ2v) is 11.1. The fourth-order valence-electron chi connectivity index (χ4n) is 4.84. The van der Waals surface area contributed by atoms with Crippen molar-refractivity contribution in [2.45, 2.75) is 58.7 Å². The summed E-state index contributed by atoms with van der Waals surface area (Å²) in [6.45, 7) is 7.03. The Morgan fingerprint density at radius 2 is 1.65 bits per heavy atom. The third-order valence-corrected chi connectivity index (χ3v) is 7.24. The van der Waals surface area contributed by atoms with Crippen LogP contribution >= 0.6 is 0 Å². The number of hydrogen-bond donors (Lipinski definition) is 3. The number of oxime groups is 1. The summed E-state index contributed by atoms with van der Waals surface area (Å²) < 4.78 is 33.4. The zero-order valence-corrected chi connectivity index (χ0v) is 27.1. The number of amides is 2. The summed E-state index contributed by atoms with van der Waals surface area (Å²) in [4.78, 5) is 33.9. The second kappa shape index (κ2) is 18.0. The van der Waals surface area contributed by atoms with Crippen LogP contribution in [0.4, 0.5) is 8.78 Å². The fourth-order valence-corrected chi connectivity index (χ4v) is 4.84. The van der Waals surface area contributed by atoms with Crippen molar-refractivity contribution in [3.63, 3.8) is 0 Å². The van der Waals surface area contributed by atoms with Crippen LogP contribution < -0.4 is 15.4 Å². The number of methoxy groups -OCH3 is 1. The lowest BCUT2D eigenvalue weighted by Gasteiger charge is -2.25. The molecule has 2 atom stereocenters. The van der Waals surface area contributed by atoms with E-state index in [1.54, 1.807) is 38.1 Å². The van der Waals surface area contributed by atoms with Crippen LogP contribution in [0.3, 0.4) is 0 Å². The summed E-state index contributed by atoms with van der Waals surface area (Å²) in [5.74, 6) is -1.69. The number of carbonyl (C=O) groups is 2. The standard InChI is InChI=1S/C35H44F2N4O5/c1-6-11-41(4)35(44)28-18-26(23(3)40-46-12-7-2)17-27(19-28)34(43)39-32(16-25-13-29(36)20-30(37)14-25)33(42)22-38-21-24-9-8-10-31(15-24)45-5/h8-10,13-15,17-20,32-33,38,42H,6-7,11-12,16,21-22H2,1-5H3,(H,39,43)/t32-,33+/m0/s1. The predicted octanol–water partition coefficient (Wildman–Crippen LogP) is 5.10. The number of benzene rings is 3. The van der Waals surface area contributed by atoms with Crippen LogP contribution in [-0.4, -0.2) is 73.5 Å². The first-order valence-electron chi connectivity index (χ1n) is 15.4. The number of nitrogens with one attached hydrogen (secondary N) is 2. The van der Waals surface area contributed by atoms with Crippen molar-refractivity contribution < 1.29 is 33.1 Å². The molecule has 3 N–H and O–H groups in total. The minimum atomic E-state index is -1.15. The van der Waals surface area contributed by atoms with Gasteiger partial charge in [-0.25, -0.2) is 8.78 Å². The highest BCUT2D eigenvalue weighted by atomic mass is 19.1. The van der Waals surface area contributed by atoms with Crippen molar-refractivity contribution in [3.8, 4) is 5.75 Å². The minimum Gasteiger partial charge on any atom is -0.497 e. The minimum absolute atomic E-state index is 0.0571. The first kappa shape index (κ1) is 36.1. The lowest BCUT2D eigenvalue weighted by atomic mass is 9.98. The molecule has 3 aromatic rings. The number of ether oxygens (including phenoxy) is 1. The Kier molecular flexibility index (Phi) is 14.1. The van der Waals surface area contributed by atoms with Gasteiger partial charge in [-0.05, 0) is 79.8 Å². The molecule has 0 spiro atoms. The van der Waals surface area contributed by atoms with E-state index in [9.17, 15) is 23.5 Å². The Labute approximate surface area is 269 Å². The largest absolute Gasteiger partial charge is 0.497 e. The Balaban J connectivity index is 1.90. The van der Waals surface area contributed by atoms with Crippen molar-refractivity contribution in [3.05, 3.63) is 100 Å². The van der Waals surface area contributed by atoms with Gasteiger partial charge in [0.2, 0.25) is 0 Å². The van der Waals surface area contributed by atoms with Gasteiger partial charge < -0.3 is 30.2 Å². The molecule has 2 amide bonds. The van der Waals surface area contributed by atoms with Gasteiger partial charge in [0.05, 0.1) is 25.0 Å². The van der Waals surface area contributed by atoms with E-state index < -0.39 is 29.7 Å². The first-order chi connectivity index (χ1) is 22.0. The van der Waals surface area contributed by atoms with E-state index in [0.717, 1.165) is 36.6 Å². The zero-order valence-electron chi connectivity index (χ0n) is 27.1. The summed E-state index contributed by atoms with van der Waals surface area (Å²) in [5.41, 5.74) is 2.61. The summed E-state index contributed by atoms with van der Waals surface area (Å²) in [6.07, 6.45) is 0.315. The number of aliphatic hydroxyl groups excluding tert-OH is 1. The molecule has 248 valence electrons. The molecule has 46 heavy (non-hydrogen) atoms. The van der Waals surface area contributed by atoms with Crippen LogP contribution in [0.2, 0.25) is 0 Å². The van der Waals surface area contributed by atoms with E-state index in [0.29, 0.717) is 36.7 Å². The van der Waals surface area contributed by atoms with Crippen LogP contribution in [0, 0.1) is 11.6 Å². The maximum absolute atomic E-state index is 14.1. The Morgan fingerprint density at radius 3 is 2.33 bits per heavy atom. The van der Waals surface area contributed by atoms with Gasteiger partial charge >= 0.3 is 0 Å². The smallest absolute Gasteiger partial charge is 0.253 e. The van der Waals surface area contributed by atoms with Gasteiger partial charge in [0.15, 0.2) is 0 Å². The highest BCUT2D eigenvalue weighted by Crippen LogP contribution is 2.17. The molecule has 0 aliphatic rings. The van der Waals surface area contributed by atoms with Gasteiger partial charge in [0, 0.05) is 49.4 Å². The number of nitrogens with zero attached hydrogens (tertiary/aromatic N) is 2. The SMILES string of the molecule is CCCON=C(C)c1cc(C(=O)N[C@@H](Cc2cc(F)cc(F)c2)[C@H](O)CNCc2cccc(OC)c2)cc(C(=O)N(C)CCC)c1. The van der Waals surface area contributed by atoms with Gasteiger partial charge in [-0.1, -0.05) is 31.1 Å². The summed E-state index contributed by atoms with van der Waals surface area (Å²) in [5, 5.41) is 21.4. The molecule has 11 heteroatoms. The summed E-state index contributed by atoms with van der Waals surface area (Å²) in [7, 11) is 3.26. The van der Waals surface area contributed by atoms with Crippen molar-refractivity contribution in [2.24, 2.45) is 5.16 Å². The van der Waals surface area contributed by atoms with E-state index in [-0.39, 0.29) is 35.6 Å². The Hall–Kier alpha value is -4.35. The van der Waals surface area contributed by atoms with Crippen molar-refractivity contribution in [1.29, 1.82) is 0 Å². The molecule has 0 aliphatic heterocycles. The molecule has 0 saturated carbocycles. The van der Waals surface area contributed by atoms with E-state index in [1.165, 1.54) is 6.07 Å². The first-order valence-corrected chi connectivity index (χ1v) is 15.4. The third-order valence-electron chi connectivity index (χ3n) is 7.24. The topological polar surface area (TPSA) is 112 Å². The van der Waals surface area contributed by atoms with Gasteiger partial charge in [-0.3, -0.25) is 9.59 Å². The maximum Gasteiger partial charge on any atom is 0.253 e. The number of rotatable bonds is 17. The normalized spacial score (nSPS) is 12.7. The number of carbonyl (C=O) groups excluding carboxylic acids is 2. The van der Waals surface area contributed by atoms with E-state index in [2.05, 4.69) is 15.8 Å². The molecular weight excluding hydrogens is 594 g/mol. The average Bonchev–Trinajstić information content (AvgIpc) is 3.03. The molecular formula is C35H44F2N4O5. The van der Waals surface area contributed by atoms with Crippen LogP contribution in [0.15, 0.2) is 65.8 Å². The van der Waals surface area contributed by atoms with Crippen LogP contribution in [-0.2, 0) is 17.8 Å². The molecule has 0 aromatic heterocycles. The molecule has 0 bridgehead atoms. The lowest BCUT2D eigenvalue weighted by molar-refractivity contribution is 0.0795. The number of aliphatic hydroxyl groups is 1. The quantitative estimate of drug-likeness (QED) is 0.108. The average molecular weight is 639 g/mol. The highest BCUT2D eigenvalue weighted by Gasteiger charge is 2.25. The lowest BCUT2D eigenvalue weighted by Crippen LogP contribution is -2.48. The highest BCUT2D eigenvalue weighted by molar-refractivity contribution is 6.06. The Bertz CT molecular complexity index is 1480. The fraction of sp³-hybridized carbons (Fsp3) is 0.400. The monoisotopic (exact) mass is 638 g/mol. The van der Waals surface area contributed by atoms with Crippen LogP contribution in [0.25, 0.3) is 0 Å². The van der Waals surface area contributed by atoms with Crippen LogP contribution in [0.1, 0.15) is 71.0 Å². The zero-order chi connectivity index (χ0) is 33.6. The van der Waals surface area contributed by atoms with E-state index in [1.807, 2.05) is 38.1 Å². The van der Waals surface area contributed by atoms with Crippen molar-refractivity contribution in [2.75, 3.05) is 33.9 Å². The van der Waals surface area contributed by atoms with Crippen molar-refractivity contribution in [1.82, 2.24) is 15.5 Å². The molecule has 0 saturated heterocycles. The molecule has 0 heterocycles. The van der Waals surface area contributed by atoms with E-state index >= 15 is 0 Å². The molecule has 9 nitrogen and oxygen atoms in total. The van der Waals surface area contributed by atoms with Gasteiger partial charge in [-0.15, -0.1) is 0 Å². The van der Waals surface area contributed by atoms with Gasteiger partial charge in [-0.2, -0.15) is 0 Å². The molecule has 0 radical (unpaired) electrons. The van der Waals surface area contributed by atoms with E-state index in [4.69, 9.17) is 9.57 Å². The predicted molar refractivity (Wildman–Crippen MR) is 174 cm³/mol. The molecule has 3 aromatic carbocycles. The van der Waals surface area contributed by atoms with Gasteiger partial charge in [0.1, 0.15) is 24.0 Å². The maximum atomic E-state index is 14.1. The molecule has 0 fully saturated rings.